The summed E-state index contributed by atoms with van der Waals surface area (Å²) in [5.74, 6) is 0.372. The molecule has 0 aromatic rings. The molecule has 12 heavy (non-hydrogen) atoms. The Morgan fingerprint density at radius 1 is 1.25 bits per heavy atom. The molecule has 72 valence electrons. The fourth-order valence-electron chi connectivity index (χ4n) is 0.833. The number of hydrogen-bond acceptors (Lipinski definition) is 1. The molecule has 0 fully saturated rings. The van der Waals surface area contributed by atoms with E-state index in [0.29, 0.717) is 5.92 Å². The molecule has 0 heterocycles. The Morgan fingerprint density at radius 2 is 1.75 bits per heavy atom. The van der Waals surface area contributed by atoms with Gasteiger partial charge in [-0.15, -0.1) is 0 Å². The highest BCUT2D eigenvalue weighted by atomic mass is 28.3. The molecule has 0 aliphatic heterocycles. The third-order valence-electron chi connectivity index (χ3n) is 1.76. The van der Waals surface area contributed by atoms with Crippen molar-refractivity contribution in [3.05, 3.63) is 11.8 Å². The minimum atomic E-state index is -1.05. The Morgan fingerprint density at radius 3 is 2.08 bits per heavy atom. The predicted molar refractivity (Wildman–Crippen MR) is 57.9 cm³/mol. The van der Waals surface area contributed by atoms with Gasteiger partial charge in [-0.05, 0) is 12.3 Å². The normalized spacial score (nSPS) is 15.9. The number of aliphatic hydroxyl groups is 1. The van der Waals surface area contributed by atoms with Crippen molar-refractivity contribution in [3.8, 4) is 0 Å². The molecule has 1 N–H and O–H groups in total. The van der Waals surface area contributed by atoms with Crippen LogP contribution in [-0.2, 0) is 0 Å². The summed E-state index contributed by atoms with van der Waals surface area (Å²) in [4.78, 5) is 0. The van der Waals surface area contributed by atoms with Crippen molar-refractivity contribution in [3.63, 3.8) is 0 Å². The summed E-state index contributed by atoms with van der Waals surface area (Å²) in [6.07, 6.45) is 2.77. The zero-order chi connectivity index (χ0) is 9.78. The Bertz CT molecular complexity index is 144. The van der Waals surface area contributed by atoms with E-state index in [-0.39, 0.29) is 6.10 Å². The largest absolute Gasteiger partial charge is 0.393 e. The highest BCUT2D eigenvalue weighted by Gasteiger charge is 2.09. The van der Waals surface area contributed by atoms with E-state index in [2.05, 4.69) is 31.4 Å². The van der Waals surface area contributed by atoms with E-state index >= 15 is 0 Å². The van der Waals surface area contributed by atoms with Crippen molar-refractivity contribution in [2.45, 2.75) is 46.0 Å². The van der Waals surface area contributed by atoms with Crippen molar-refractivity contribution in [1.82, 2.24) is 0 Å². The first-order valence-electron chi connectivity index (χ1n) is 4.68. The van der Waals surface area contributed by atoms with Crippen molar-refractivity contribution in [2.24, 2.45) is 5.92 Å². The van der Waals surface area contributed by atoms with Gasteiger partial charge in [-0.25, -0.2) is 0 Å². The SMILES string of the molecule is CC(C)C(O)C/C=C/[Si](C)(C)C. The smallest absolute Gasteiger partial charge is 0.0682 e. The molecule has 2 heteroatoms. The molecule has 0 saturated carbocycles. The van der Waals surface area contributed by atoms with E-state index < -0.39 is 8.07 Å². The molecule has 0 bridgehead atoms. The lowest BCUT2D eigenvalue weighted by Crippen LogP contribution is -2.17. The zero-order valence-corrected chi connectivity index (χ0v) is 9.96. The maximum absolute atomic E-state index is 9.49. The van der Waals surface area contributed by atoms with Gasteiger partial charge in [-0.3, -0.25) is 0 Å². The lowest BCUT2D eigenvalue weighted by atomic mass is 10.1. The van der Waals surface area contributed by atoms with Crippen molar-refractivity contribution >= 4 is 8.07 Å². The fraction of sp³-hybridized carbons (Fsp3) is 0.800. The maximum Gasteiger partial charge on any atom is 0.0682 e. The third kappa shape index (κ3) is 6.62. The van der Waals surface area contributed by atoms with Crippen LogP contribution in [0.15, 0.2) is 11.8 Å². The van der Waals surface area contributed by atoms with Crippen LogP contribution in [0.2, 0.25) is 19.6 Å². The molecule has 1 unspecified atom stereocenters. The Hall–Kier alpha value is -0.0831. The van der Waals surface area contributed by atoms with Gasteiger partial charge in [0.2, 0.25) is 0 Å². The highest BCUT2D eigenvalue weighted by Crippen LogP contribution is 2.08. The van der Waals surface area contributed by atoms with Crippen LogP contribution in [-0.4, -0.2) is 19.3 Å². The molecule has 0 spiro atoms. The molecule has 1 atom stereocenters. The third-order valence-corrected chi connectivity index (χ3v) is 3.00. The Balaban J connectivity index is 3.75. The molecule has 0 aromatic carbocycles. The van der Waals surface area contributed by atoms with Gasteiger partial charge in [-0.2, -0.15) is 0 Å². The number of aliphatic hydroxyl groups excluding tert-OH is 1. The summed E-state index contributed by atoms with van der Waals surface area (Å²) in [6.45, 7) is 11.0. The first kappa shape index (κ1) is 11.9. The van der Waals surface area contributed by atoms with Crippen LogP contribution in [0.5, 0.6) is 0 Å². The summed E-state index contributed by atoms with van der Waals surface area (Å²) in [7, 11) is -1.05. The summed E-state index contributed by atoms with van der Waals surface area (Å²) in [5, 5.41) is 9.49. The fourth-order valence-corrected chi connectivity index (χ4v) is 1.68. The maximum atomic E-state index is 9.49. The molecule has 0 amide bonds. The van der Waals surface area contributed by atoms with Crippen LogP contribution >= 0.6 is 0 Å². The Kier molecular flexibility index (Phi) is 4.79. The van der Waals surface area contributed by atoms with Crippen LogP contribution in [0.4, 0.5) is 0 Å². The second-order valence-electron chi connectivity index (χ2n) is 4.82. The molecule has 0 radical (unpaired) electrons. The highest BCUT2D eigenvalue weighted by molar-refractivity contribution is 6.80. The van der Waals surface area contributed by atoms with Gasteiger partial charge in [0.05, 0.1) is 14.2 Å². The molecule has 0 rings (SSSR count). The minimum Gasteiger partial charge on any atom is -0.393 e. The monoisotopic (exact) mass is 186 g/mol. The minimum absolute atomic E-state index is 0.169. The van der Waals surface area contributed by atoms with Gasteiger partial charge in [0.15, 0.2) is 0 Å². The van der Waals surface area contributed by atoms with Gasteiger partial charge < -0.3 is 5.11 Å². The summed E-state index contributed by atoms with van der Waals surface area (Å²) in [6, 6.07) is 0. The number of hydrogen-bond donors (Lipinski definition) is 1. The summed E-state index contributed by atoms with van der Waals surface area (Å²) in [5.41, 5.74) is 2.29. The van der Waals surface area contributed by atoms with Crippen LogP contribution in [0.25, 0.3) is 0 Å². The Labute approximate surface area is 77.5 Å². The van der Waals surface area contributed by atoms with Gasteiger partial charge in [0.25, 0.3) is 0 Å². The van der Waals surface area contributed by atoms with Crippen molar-refractivity contribution in [1.29, 1.82) is 0 Å². The molecular formula is C10H22OSi. The van der Waals surface area contributed by atoms with Crippen LogP contribution in [0.1, 0.15) is 20.3 Å². The molecule has 0 aliphatic carbocycles. The van der Waals surface area contributed by atoms with Crippen molar-refractivity contribution < 1.29 is 5.11 Å². The van der Waals surface area contributed by atoms with E-state index in [1.165, 1.54) is 0 Å². The predicted octanol–water partition coefficient (Wildman–Crippen LogP) is 2.83. The lowest BCUT2D eigenvalue weighted by Gasteiger charge is -2.13. The van der Waals surface area contributed by atoms with Crippen molar-refractivity contribution in [2.75, 3.05) is 0 Å². The van der Waals surface area contributed by atoms with E-state index in [0.717, 1.165) is 6.42 Å². The molecule has 0 aliphatic rings. The lowest BCUT2D eigenvalue weighted by molar-refractivity contribution is 0.128. The number of rotatable bonds is 4. The van der Waals surface area contributed by atoms with Crippen LogP contribution in [0.3, 0.4) is 0 Å². The van der Waals surface area contributed by atoms with E-state index in [1.54, 1.807) is 0 Å². The van der Waals surface area contributed by atoms with Gasteiger partial charge >= 0.3 is 0 Å². The molecule has 0 saturated heterocycles. The quantitative estimate of drug-likeness (QED) is 0.669. The van der Waals surface area contributed by atoms with Gasteiger partial charge in [-0.1, -0.05) is 45.3 Å². The average molecular weight is 186 g/mol. The second-order valence-corrected chi connectivity index (χ2v) is 9.88. The second kappa shape index (κ2) is 4.82. The molecular weight excluding hydrogens is 164 g/mol. The first-order chi connectivity index (χ1) is 5.33. The van der Waals surface area contributed by atoms with E-state index in [9.17, 15) is 5.11 Å². The van der Waals surface area contributed by atoms with Crippen LogP contribution in [0, 0.1) is 5.92 Å². The molecule has 1 nitrogen and oxygen atoms in total. The van der Waals surface area contributed by atoms with Crippen LogP contribution < -0.4 is 0 Å². The zero-order valence-electron chi connectivity index (χ0n) is 8.96. The van der Waals surface area contributed by atoms with Gasteiger partial charge in [0, 0.05) is 0 Å². The van der Waals surface area contributed by atoms with E-state index in [4.69, 9.17) is 0 Å². The topological polar surface area (TPSA) is 20.2 Å². The first-order valence-corrected chi connectivity index (χ1v) is 8.26. The average Bonchev–Trinajstić information content (AvgIpc) is 1.84. The summed E-state index contributed by atoms with van der Waals surface area (Å²) >= 11 is 0. The van der Waals surface area contributed by atoms with E-state index in [1.807, 2.05) is 13.8 Å². The standard InChI is InChI=1S/C10H22OSi/c1-9(2)10(11)7-6-8-12(3,4)5/h6,8-11H,7H2,1-5H3/b8-6+. The summed E-state index contributed by atoms with van der Waals surface area (Å²) < 4.78 is 0. The molecule has 0 aromatic heterocycles. The van der Waals surface area contributed by atoms with Gasteiger partial charge in [0.1, 0.15) is 0 Å².